The number of fused-ring (bicyclic) bond motifs is 1. The molecule has 1 unspecified atom stereocenters. The summed E-state index contributed by atoms with van der Waals surface area (Å²) in [6.07, 6.45) is 2.61. The first-order valence-corrected chi connectivity index (χ1v) is 9.79. The number of amides is 1. The highest BCUT2D eigenvalue weighted by molar-refractivity contribution is 7.12. The molecule has 1 aromatic carbocycles. The average molecular weight is 383 g/mol. The van der Waals surface area contributed by atoms with E-state index >= 15 is 0 Å². The number of likely N-dealkylation sites (tertiary alicyclic amines) is 1. The van der Waals surface area contributed by atoms with Crippen LogP contribution in [0.5, 0.6) is 0 Å². The maximum absolute atomic E-state index is 13.3. The molecule has 5 nitrogen and oxygen atoms in total. The third kappa shape index (κ3) is 2.87. The van der Waals surface area contributed by atoms with Gasteiger partial charge in [0.15, 0.2) is 0 Å². The Balaban J connectivity index is 1.40. The van der Waals surface area contributed by atoms with Gasteiger partial charge in [-0.2, -0.15) is 0 Å². The van der Waals surface area contributed by atoms with Gasteiger partial charge in [0.25, 0.3) is 5.91 Å². The van der Waals surface area contributed by atoms with E-state index in [1.807, 2.05) is 28.6 Å². The Labute approximate surface area is 160 Å². The number of nitrogens with zero attached hydrogens (tertiary/aromatic N) is 3. The van der Waals surface area contributed by atoms with E-state index < -0.39 is 5.60 Å². The highest BCUT2D eigenvalue weighted by atomic mass is 32.1. The summed E-state index contributed by atoms with van der Waals surface area (Å²) in [6, 6.07) is 10.2. The molecule has 1 amide bonds. The highest BCUT2D eigenvalue weighted by Gasteiger charge is 2.44. The fourth-order valence-electron chi connectivity index (χ4n) is 3.93. The fourth-order valence-corrected chi connectivity index (χ4v) is 4.62. The van der Waals surface area contributed by atoms with Crippen molar-refractivity contribution in [1.29, 1.82) is 0 Å². The maximum atomic E-state index is 13.3. The molecule has 4 heterocycles. The summed E-state index contributed by atoms with van der Waals surface area (Å²) in [7, 11) is 0. The van der Waals surface area contributed by atoms with Crippen LogP contribution >= 0.6 is 11.3 Å². The molecular formula is C20H18FN3O2S. The number of carbonyl (C=O) groups is 1. The molecule has 7 heteroatoms. The minimum Gasteiger partial charge on any atom is -0.363 e. The number of ether oxygens (including phenoxy) is 1. The standard InChI is InChI=1S/C20H18FN3O2S/c21-15-5-3-14(4-6-15)16-10-22-18-11-26-20(13-24(16)18)7-8-23(12-20)19(25)17-2-1-9-27-17/h1-6,9-10H,7-8,11-13H2. The molecule has 1 fully saturated rings. The predicted molar refractivity (Wildman–Crippen MR) is 100.0 cm³/mol. The molecule has 27 heavy (non-hydrogen) atoms. The van der Waals surface area contributed by atoms with Crippen LogP contribution in [-0.4, -0.2) is 39.0 Å². The van der Waals surface area contributed by atoms with Gasteiger partial charge in [0.05, 0.1) is 29.9 Å². The number of carbonyl (C=O) groups excluding carboxylic acids is 1. The van der Waals surface area contributed by atoms with Crippen molar-refractivity contribution in [2.45, 2.75) is 25.2 Å². The molecule has 2 aliphatic rings. The summed E-state index contributed by atoms with van der Waals surface area (Å²) < 4.78 is 21.6. The lowest BCUT2D eigenvalue weighted by atomic mass is 10.0. The topological polar surface area (TPSA) is 47.4 Å². The van der Waals surface area contributed by atoms with Gasteiger partial charge in [-0.1, -0.05) is 6.07 Å². The number of aromatic nitrogens is 2. The SMILES string of the molecule is O=C(c1cccs1)N1CCC2(C1)Cn1c(-c3ccc(F)cc3)cnc1CO2. The molecule has 1 atom stereocenters. The van der Waals surface area contributed by atoms with Crippen molar-refractivity contribution in [1.82, 2.24) is 14.5 Å². The minimum atomic E-state index is -0.393. The van der Waals surface area contributed by atoms with Gasteiger partial charge < -0.3 is 14.2 Å². The fraction of sp³-hybridized carbons (Fsp3) is 0.300. The first-order valence-electron chi connectivity index (χ1n) is 8.91. The van der Waals surface area contributed by atoms with E-state index in [-0.39, 0.29) is 11.7 Å². The molecule has 138 valence electrons. The second kappa shape index (κ2) is 6.28. The van der Waals surface area contributed by atoms with Crippen molar-refractivity contribution in [3.8, 4) is 11.3 Å². The van der Waals surface area contributed by atoms with E-state index in [2.05, 4.69) is 9.55 Å². The summed E-state index contributed by atoms with van der Waals surface area (Å²) in [6.45, 7) is 2.32. The summed E-state index contributed by atoms with van der Waals surface area (Å²) in [4.78, 5) is 19.8. The van der Waals surface area contributed by atoms with Crippen molar-refractivity contribution >= 4 is 17.2 Å². The van der Waals surface area contributed by atoms with Crippen LogP contribution in [0.15, 0.2) is 48.0 Å². The average Bonchev–Trinajstić information content (AvgIpc) is 3.42. The van der Waals surface area contributed by atoms with E-state index in [1.165, 1.54) is 23.5 Å². The molecule has 0 N–H and O–H groups in total. The summed E-state index contributed by atoms with van der Waals surface area (Å²) in [5.41, 5.74) is 1.49. The molecule has 0 bridgehead atoms. The van der Waals surface area contributed by atoms with Gasteiger partial charge in [-0.15, -0.1) is 11.3 Å². The van der Waals surface area contributed by atoms with Crippen LogP contribution in [0.1, 0.15) is 21.9 Å². The Morgan fingerprint density at radius 1 is 1.22 bits per heavy atom. The molecule has 3 aromatic rings. The van der Waals surface area contributed by atoms with Crippen LogP contribution < -0.4 is 0 Å². The van der Waals surface area contributed by atoms with Gasteiger partial charge in [-0.3, -0.25) is 4.79 Å². The van der Waals surface area contributed by atoms with Crippen molar-refractivity contribution in [2.24, 2.45) is 0 Å². The normalized spacial score (nSPS) is 21.6. The Kier molecular flexibility index (Phi) is 3.87. The number of hydrogen-bond donors (Lipinski definition) is 0. The molecule has 5 rings (SSSR count). The zero-order chi connectivity index (χ0) is 18.4. The maximum Gasteiger partial charge on any atom is 0.264 e. The Bertz CT molecular complexity index is 983. The third-order valence-electron chi connectivity index (χ3n) is 5.37. The Hall–Kier alpha value is -2.51. The van der Waals surface area contributed by atoms with Gasteiger partial charge in [0.1, 0.15) is 23.8 Å². The number of hydrogen-bond acceptors (Lipinski definition) is 4. The monoisotopic (exact) mass is 383 g/mol. The van der Waals surface area contributed by atoms with Gasteiger partial charge in [-0.05, 0) is 47.7 Å². The van der Waals surface area contributed by atoms with E-state index in [0.717, 1.165) is 28.4 Å². The van der Waals surface area contributed by atoms with E-state index in [4.69, 9.17) is 4.74 Å². The van der Waals surface area contributed by atoms with E-state index in [0.29, 0.717) is 26.2 Å². The molecule has 2 aromatic heterocycles. The van der Waals surface area contributed by atoms with Crippen LogP contribution in [0, 0.1) is 5.82 Å². The first kappa shape index (κ1) is 16.6. The smallest absolute Gasteiger partial charge is 0.264 e. The second-order valence-corrected chi connectivity index (χ2v) is 8.03. The molecule has 1 spiro atoms. The van der Waals surface area contributed by atoms with Crippen molar-refractivity contribution < 1.29 is 13.9 Å². The molecule has 0 aliphatic carbocycles. The zero-order valence-corrected chi connectivity index (χ0v) is 15.4. The van der Waals surface area contributed by atoms with Gasteiger partial charge in [-0.25, -0.2) is 9.37 Å². The minimum absolute atomic E-state index is 0.0701. The Morgan fingerprint density at radius 2 is 2.07 bits per heavy atom. The van der Waals surface area contributed by atoms with Crippen LogP contribution in [0.25, 0.3) is 11.3 Å². The zero-order valence-electron chi connectivity index (χ0n) is 14.6. The molecule has 0 radical (unpaired) electrons. The van der Waals surface area contributed by atoms with Crippen molar-refractivity contribution in [3.63, 3.8) is 0 Å². The first-order chi connectivity index (χ1) is 13.1. The number of rotatable bonds is 2. The molecule has 0 saturated carbocycles. The van der Waals surface area contributed by atoms with Crippen LogP contribution in [0.3, 0.4) is 0 Å². The van der Waals surface area contributed by atoms with E-state index in [9.17, 15) is 9.18 Å². The lowest BCUT2D eigenvalue weighted by molar-refractivity contribution is -0.0804. The third-order valence-corrected chi connectivity index (χ3v) is 6.23. The lowest BCUT2D eigenvalue weighted by Gasteiger charge is -2.35. The van der Waals surface area contributed by atoms with Gasteiger partial charge in [0.2, 0.25) is 0 Å². The number of halogens is 1. The second-order valence-electron chi connectivity index (χ2n) is 7.08. The summed E-state index contributed by atoms with van der Waals surface area (Å²) >= 11 is 1.47. The van der Waals surface area contributed by atoms with E-state index in [1.54, 1.807) is 12.1 Å². The lowest BCUT2D eigenvalue weighted by Crippen LogP contribution is -2.45. The van der Waals surface area contributed by atoms with Crippen LogP contribution in [-0.2, 0) is 17.9 Å². The molecule has 2 aliphatic heterocycles. The largest absolute Gasteiger partial charge is 0.363 e. The van der Waals surface area contributed by atoms with Crippen molar-refractivity contribution in [2.75, 3.05) is 13.1 Å². The summed E-state index contributed by atoms with van der Waals surface area (Å²) in [5, 5.41) is 1.92. The van der Waals surface area contributed by atoms with Crippen molar-refractivity contribution in [3.05, 3.63) is 64.5 Å². The van der Waals surface area contributed by atoms with Crippen LogP contribution in [0.4, 0.5) is 4.39 Å². The number of benzene rings is 1. The molecule has 1 saturated heterocycles. The summed E-state index contributed by atoms with van der Waals surface area (Å²) in [5.74, 6) is 0.680. The highest BCUT2D eigenvalue weighted by Crippen LogP contribution is 2.35. The quantitative estimate of drug-likeness (QED) is 0.680. The molecular weight excluding hydrogens is 365 g/mol. The number of imidazole rings is 1. The van der Waals surface area contributed by atoms with Crippen LogP contribution in [0.2, 0.25) is 0 Å². The van der Waals surface area contributed by atoms with Gasteiger partial charge >= 0.3 is 0 Å². The van der Waals surface area contributed by atoms with Gasteiger partial charge in [0, 0.05) is 6.54 Å². The number of thiophene rings is 1. The predicted octanol–water partition coefficient (Wildman–Crippen LogP) is 3.57. The Morgan fingerprint density at radius 3 is 2.85 bits per heavy atom.